The lowest BCUT2D eigenvalue weighted by molar-refractivity contribution is -0.147. The number of primary amides is 1. The van der Waals surface area contributed by atoms with Gasteiger partial charge in [0.15, 0.2) is 0 Å². The van der Waals surface area contributed by atoms with Gasteiger partial charge in [-0.2, -0.15) is 0 Å². The smallest absolute Gasteiger partial charge is 0.310 e. The number of amides is 2. The van der Waals surface area contributed by atoms with Gasteiger partial charge in [0.2, 0.25) is 11.8 Å². The van der Waals surface area contributed by atoms with E-state index in [1.54, 1.807) is 12.1 Å². The second kappa shape index (κ2) is 5.42. The number of ether oxygens (including phenoxy) is 1. The van der Waals surface area contributed by atoms with E-state index in [0.717, 1.165) is 0 Å². The van der Waals surface area contributed by atoms with Crippen LogP contribution in [0.4, 0.5) is 5.69 Å². The molecular formula is C15H16N2O5. The molecule has 0 aliphatic carbocycles. The number of rotatable bonds is 4. The maximum absolute atomic E-state index is 12.4. The Balaban J connectivity index is 1.73. The predicted molar refractivity (Wildman–Crippen MR) is 76.1 cm³/mol. The molecule has 2 fully saturated rings. The first-order valence-corrected chi connectivity index (χ1v) is 7.06. The molecule has 2 heterocycles. The number of benzene rings is 1. The van der Waals surface area contributed by atoms with Crippen LogP contribution in [0.3, 0.4) is 0 Å². The van der Waals surface area contributed by atoms with Crippen molar-refractivity contribution in [3.63, 3.8) is 0 Å². The Bertz CT molecular complexity index is 627. The van der Waals surface area contributed by atoms with Gasteiger partial charge in [0, 0.05) is 11.3 Å². The lowest BCUT2D eigenvalue weighted by Gasteiger charge is -2.23. The molecule has 7 nitrogen and oxygen atoms in total. The fraction of sp³-hybridized carbons (Fsp3) is 0.400. The summed E-state index contributed by atoms with van der Waals surface area (Å²) < 4.78 is 5.57. The van der Waals surface area contributed by atoms with Crippen LogP contribution in [0.1, 0.15) is 23.2 Å². The summed E-state index contributed by atoms with van der Waals surface area (Å²) in [5.74, 6) is -3.41. The van der Waals surface area contributed by atoms with E-state index < -0.39 is 23.7 Å². The summed E-state index contributed by atoms with van der Waals surface area (Å²) in [6.45, 7) is 0. The third kappa shape index (κ3) is 2.43. The van der Waals surface area contributed by atoms with Gasteiger partial charge >= 0.3 is 5.97 Å². The summed E-state index contributed by atoms with van der Waals surface area (Å²) in [7, 11) is 0. The molecule has 2 bridgehead atoms. The molecule has 2 saturated heterocycles. The Hall–Kier alpha value is -2.41. The highest BCUT2D eigenvalue weighted by Gasteiger charge is 2.55. The average Bonchev–Trinajstić information content (AvgIpc) is 3.08. The minimum atomic E-state index is -1.00. The van der Waals surface area contributed by atoms with E-state index in [1.807, 2.05) is 0 Å². The number of aliphatic carboxylic acids is 1. The molecule has 2 aliphatic heterocycles. The Morgan fingerprint density at radius 1 is 1.09 bits per heavy atom. The maximum atomic E-state index is 12.4. The maximum Gasteiger partial charge on any atom is 0.310 e. The number of nitrogens with two attached hydrogens (primary N) is 1. The van der Waals surface area contributed by atoms with E-state index >= 15 is 0 Å². The van der Waals surface area contributed by atoms with Crippen molar-refractivity contribution in [2.75, 3.05) is 5.32 Å². The molecule has 0 saturated carbocycles. The van der Waals surface area contributed by atoms with Gasteiger partial charge in [0.1, 0.15) is 0 Å². The van der Waals surface area contributed by atoms with Crippen LogP contribution in [0.5, 0.6) is 0 Å². The minimum Gasteiger partial charge on any atom is -0.481 e. The van der Waals surface area contributed by atoms with Crippen molar-refractivity contribution in [1.29, 1.82) is 0 Å². The van der Waals surface area contributed by atoms with Crippen molar-refractivity contribution in [3.8, 4) is 0 Å². The van der Waals surface area contributed by atoms with Gasteiger partial charge in [-0.1, -0.05) is 0 Å². The van der Waals surface area contributed by atoms with Crippen LogP contribution in [-0.4, -0.2) is 35.1 Å². The van der Waals surface area contributed by atoms with Gasteiger partial charge in [-0.15, -0.1) is 0 Å². The van der Waals surface area contributed by atoms with E-state index in [0.29, 0.717) is 24.1 Å². The van der Waals surface area contributed by atoms with Crippen LogP contribution in [-0.2, 0) is 14.3 Å². The molecule has 7 heteroatoms. The SMILES string of the molecule is NC(=O)c1ccc(NC(=O)[C@@H]2[C@@H](C(=O)O)[C@@H]3CC[C@H]2O3)cc1. The van der Waals surface area contributed by atoms with E-state index in [4.69, 9.17) is 10.5 Å². The Morgan fingerprint density at radius 3 is 2.23 bits per heavy atom. The molecule has 22 heavy (non-hydrogen) atoms. The summed E-state index contributed by atoms with van der Waals surface area (Å²) in [6.07, 6.45) is 0.665. The Labute approximate surface area is 126 Å². The van der Waals surface area contributed by atoms with E-state index in [9.17, 15) is 19.5 Å². The summed E-state index contributed by atoms with van der Waals surface area (Å²) in [4.78, 5) is 34.8. The zero-order valence-corrected chi connectivity index (χ0v) is 11.7. The number of hydrogen-bond acceptors (Lipinski definition) is 4. The van der Waals surface area contributed by atoms with Crippen molar-refractivity contribution in [3.05, 3.63) is 29.8 Å². The van der Waals surface area contributed by atoms with Crippen LogP contribution in [0.2, 0.25) is 0 Å². The molecule has 2 amide bonds. The monoisotopic (exact) mass is 304 g/mol. The average molecular weight is 304 g/mol. The van der Waals surface area contributed by atoms with Gasteiger partial charge in [0.25, 0.3) is 0 Å². The first-order valence-electron chi connectivity index (χ1n) is 7.06. The summed E-state index contributed by atoms with van der Waals surface area (Å²) in [6, 6.07) is 6.12. The van der Waals surface area contributed by atoms with Crippen molar-refractivity contribution in [2.24, 2.45) is 17.6 Å². The topological polar surface area (TPSA) is 119 Å². The summed E-state index contributed by atoms with van der Waals surface area (Å²) in [5, 5.41) is 12.0. The second-order valence-electron chi connectivity index (χ2n) is 5.61. The van der Waals surface area contributed by atoms with Crippen molar-refractivity contribution in [2.45, 2.75) is 25.0 Å². The zero-order chi connectivity index (χ0) is 15.9. The van der Waals surface area contributed by atoms with Gasteiger partial charge < -0.3 is 20.9 Å². The first kappa shape index (κ1) is 14.5. The quantitative estimate of drug-likeness (QED) is 0.752. The van der Waals surface area contributed by atoms with Crippen molar-refractivity contribution in [1.82, 2.24) is 0 Å². The molecule has 4 N–H and O–H groups in total. The Kier molecular flexibility index (Phi) is 3.58. The molecule has 0 aromatic heterocycles. The first-order chi connectivity index (χ1) is 10.5. The normalized spacial score (nSPS) is 29.3. The highest BCUT2D eigenvalue weighted by molar-refractivity contribution is 5.97. The fourth-order valence-corrected chi connectivity index (χ4v) is 3.27. The Morgan fingerprint density at radius 2 is 1.68 bits per heavy atom. The molecule has 116 valence electrons. The molecular weight excluding hydrogens is 288 g/mol. The predicted octanol–water partition coefficient (Wildman–Crippen LogP) is 0.602. The lowest BCUT2D eigenvalue weighted by atomic mass is 9.78. The molecule has 0 spiro atoms. The molecule has 4 atom stereocenters. The number of fused-ring (bicyclic) bond motifs is 2. The second-order valence-corrected chi connectivity index (χ2v) is 5.61. The van der Waals surface area contributed by atoms with Gasteiger partial charge in [-0.05, 0) is 37.1 Å². The van der Waals surface area contributed by atoms with Crippen LogP contribution in [0.15, 0.2) is 24.3 Å². The molecule has 0 radical (unpaired) electrons. The third-order valence-corrected chi connectivity index (χ3v) is 4.30. The number of carboxylic acids is 1. The summed E-state index contributed by atoms with van der Waals surface area (Å²) in [5.41, 5.74) is 5.97. The number of carboxylic acid groups (broad SMARTS) is 1. The van der Waals surface area contributed by atoms with E-state index in [2.05, 4.69) is 5.32 Å². The molecule has 3 rings (SSSR count). The standard InChI is InChI=1S/C15H16N2O5/c16-13(18)7-1-3-8(4-2-7)17-14(19)11-9-5-6-10(22-9)12(11)15(20)21/h1-4,9-12H,5-6H2,(H2,16,18)(H,17,19)(H,20,21)/t9-,10+,11+,12+/m1/s1. The number of hydrogen-bond donors (Lipinski definition) is 3. The van der Waals surface area contributed by atoms with Crippen molar-refractivity contribution < 1.29 is 24.2 Å². The number of carbonyl (C=O) groups excluding carboxylic acids is 2. The number of nitrogens with one attached hydrogen (secondary N) is 1. The number of anilines is 1. The molecule has 1 aromatic carbocycles. The minimum absolute atomic E-state index is 0.337. The molecule has 2 aliphatic rings. The number of carbonyl (C=O) groups is 3. The largest absolute Gasteiger partial charge is 0.481 e. The van der Waals surface area contributed by atoms with Crippen molar-refractivity contribution >= 4 is 23.5 Å². The molecule has 0 unspecified atom stereocenters. The van der Waals surface area contributed by atoms with Crippen LogP contribution in [0, 0.1) is 11.8 Å². The van der Waals surface area contributed by atoms with Crippen LogP contribution in [0.25, 0.3) is 0 Å². The third-order valence-electron chi connectivity index (χ3n) is 4.30. The van der Waals surface area contributed by atoms with Crippen LogP contribution < -0.4 is 11.1 Å². The van der Waals surface area contributed by atoms with E-state index in [-0.39, 0.29) is 18.1 Å². The zero-order valence-electron chi connectivity index (χ0n) is 11.7. The highest BCUT2D eigenvalue weighted by atomic mass is 16.5. The fourth-order valence-electron chi connectivity index (χ4n) is 3.27. The van der Waals surface area contributed by atoms with E-state index in [1.165, 1.54) is 12.1 Å². The van der Waals surface area contributed by atoms with Crippen LogP contribution >= 0.6 is 0 Å². The van der Waals surface area contributed by atoms with Gasteiger partial charge in [-0.3, -0.25) is 14.4 Å². The van der Waals surface area contributed by atoms with Gasteiger partial charge in [0.05, 0.1) is 24.0 Å². The highest BCUT2D eigenvalue weighted by Crippen LogP contribution is 2.44. The summed E-state index contributed by atoms with van der Waals surface area (Å²) >= 11 is 0. The van der Waals surface area contributed by atoms with Gasteiger partial charge in [-0.25, -0.2) is 0 Å². The molecule has 1 aromatic rings. The lowest BCUT2D eigenvalue weighted by Crippen LogP contribution is -2.40.